The lowest BCUT2D eigenvalue weighted by atomic mass is 9.99. The van der Waals surface area contributed by atoms with Gasteiger partial charge in [-0.3, -0.25) is 4.79 Å². The first-order valence-corrected chi connectivity index (χ1v) is 6.91. The molecule has 2 aromatic carbocycles. The summed E-state index contributed by atoms with van der Waals surface area (Å²) >= 11 is 0. The van der Waals surface area contributed by atoms with Crippen LogP contribution in [0.2, 0.25) is 0 Å². The number of aryl methyl sites for hydroxylation is 1. The second kappa shape index (κ2) is 6.93. The van der Waals surface area contributed by atoms with Gasteiger partial charge < -0.3 is 9.47 Å². The fourth-order valence-electron chi connectivity index (χ4n) is 2.30. The standard InChI is InChI=1S/C18H20O3/c1-13-6-4-5-7-15(13)12-16(19)10-14-8-9-17(20-2)18(11-14)21-3/h4-9,11H,10,12H2,1-3H3. The molecule has 0 fully saturated rings. The van der Waals surface area contributed by atoms with Crippen molar-refractivity contribution in [1.82, 2.24) is 0 Å². The van der Waals surface area contributed by atoms with Crippen molar-refractivity contribution in [3.8, 4) is 11.5 Å². The van der Waals surface area contributed by atoms with Gasteiger partial charge in [-0.05, 0) is 35.7 Å². The highest BCUT2D eigenvalue weighted by Crippen LogP contribution is 2.27. The molecule has 0 bridgehead atoms. The zero-order valence-electron chi connectivity index (χ0n) is 12.7. The average Bonchev–Trinajstić information content (AvgIpc) is 2.49. The van der Waals surface area contributed by atoms with Crippen LogP contribution in [0.25, 0.3) is 0 Å². The summed E-state index contributed by atoms with van der Waals surface area (Å²) in [7, 11) is 3.19. The maximum absolute atomic E-state index is 12.2. The van der Waals surface area contributed by atoms with Gasteiger partial charge in [-0.15, -0.1) is 0 Å². The Hall–Kier alpha value is -2.29. The summed E-state index contributed by atoms with van der Waals surface area (Å²) in [5.74, 6) is 1.52. The maximum atomic E-state index is 12.2. The summed E-state index contributed by atoms with van der Waals surface area (Å²) in [5.41, 5.74) is 3.17. The van der Waals surface area contributed by atoms with E-state index < -0.39 is 0 Å². The molecular weight excluding hydrogens is 264 g/mol. The molecule has 0 N–H and O–H groups in total. The number of ketones is 1. The summed E-state index contributed by atoms with van der Waals surface area (Å²) in [4.78, 5) is 12.2. The Bertz CT molecular complexity index is 632. The zero-order chi connectivity index (χ0) is 15.2. The molecule has 0 amide bonds. The minimum Gasteiger partial charge on any atom is -0.493 e. The van der Waals surface area contributed by atoms with Crippen molar-refractivity contribution in [3.63, 3.8) is 0 Å². The van der Waals surface area contributed by atoms with Crippen LogP contribution in [-0.2, 0) is 17.6 Å². The number of methoxy groups -OCH3 is 2. The molecule has 0 aliphatic heterocycles. The monoisotopic (exact) mass is 284 g/mol. The van der Waals surface area contributed by atoms with Crippen molar-refractivity contribution in [2.45, 2.75) is 19.8 Å². The topological polar surface area (TPSA) is 35.5 Å². The molecule has 0 aliphatic rings. The average molecular weight is 284 g/mol. The van der Waals surface area contributed by atoms with Crippen molar-refractivity contribution >= 4 is 5.78 Å². The van der Waals surface area contributed by atoms with Gasteiger partial charge in [-0.1, -0.05) is 30.3 Å². The molecule has 0 radical (unpaired) electrons. The molecule has 0 spiro atoms. The molecule has 0 heterocycles. The van der Waals surface area contributed by atoms with Crippen LogP contribution in [0.3, 0.4) is 0 Å². The number of carbonyl (C=O) groups is 1. The predicted molar refractivity (Wildman–Crippen MR) is 83.1 cm³/mol. The van der Waals surface area contributed by atoms with E-state index in [-0.39, 0.29) is 5.78 Å². The van der Waals surface area contributed by atoms with E-state index in [1.807, 2.05) is 49.4 Å². The molecule has 0 aliphatic carbocycles. The molecule has 0 atom stereocenters. The van der Waals surface area contributed by atoms with Gasteiger partial charge in [0.25, 0.3) is 0 Å². The lowest BCUT2D eigenvalue weighted by molar-refractivity contribution is -0.117. The van der Waals surface area contributed by atoms with Crippen LogP contribution in [-0.4, -0.2) is 20.0 Å². The maximum Gasteiger partial charge on any atom is 0.161 e. The Morgan fingerprint density at radius 2 is 1.67 bits per heavy atom. The third-order valence-corrected chi connectivity index (χ3v) is 3.50. The highest BCUT2D eigenvalue weighted by atomic mass is 16.5. The van der Waals surface area contributed by atoms with Crippen LogP contribution in [0.5, 0.6) is 11.5 Å². The Kier molecular flexibility index (Phi) is 4.99. The minimum atomic E-state index is 0.191. The first kappa shape index (κ1) is 15.1. The van der Waals surface area contributed by atoms with E-state index in [9.17, 15) is 4.79 Å². The summed E-state index contributed by atoms with van der Waals surface area (Å²) in [6.07, 6.45) is 0.857. The molecule has 2 aromatic rings. The molecular formula is C18H20O3. The molecule has 0 aromatic heterocycles. The van der Waals surface area contributed by atoms with Crippen LogP contribution in [0, 0.1) is 6.92 Å². The minimum absolute atomic E-state index is 0.191. The van der Waals surface area contributed by atoms with E-state index >= 15 is 0 Å². The number of benzene rings is 2. The van der Waals surface area contributed by atoms with E-state index in [0.717, 1.165) is 16.7 Å². The summed E-state index contributed by atoms with van der Waals surface area (Å²) < 4.78 is 10.5. The Morgan fingerprint density at radius 1 is 0.952 bits per heavy atom. The fourth-order valence-corrected chi connectivity index (χ4v) is 2.30. The quantitative estimate of drug-likeness (QED) is 0.816. The van der Waals surface area contributed by atoms with E-state index in [4.69, 9.17) is 9.47 Å². The van der Waals surface area contributed by atoms with E-state index in [0.29, 0.717) is 24.3 Å². The molecule has 0 saturated heterocycles. The van der Waals surface area contributed by atoms with Gasteiger partial charge in [-0.2, -0.15) is 0 Å². The highest BCUT2D eigenvalue weighted by molar-refractivity contribution is 5.83. The van der Waals surface area contributed by atoms with Crippen molar-refractivity contribution in [3.05, 3.63) is 59.2 Å². The van der Waals surface area contributed by atoms with Crippen LogP contribution in [0.4, 0.5) is 0 Å². The summed E-state index contributed by atoms with van der Waals surface area (Å²) in [6, 6.07) is 13.6. The predicted octanol–water partition coefficient (Wildman–Crippen LogP) is 3.37. The zero-order valence-corrected chi connectivity index (χ0v) is 12.7. The number of Topliss-reactive ketones (excluding diaryl/α,β-unsaturated/α-hetero) is 1. The van der Waals surface area contributed by atoms with Crippen LogP contribution < -0.4 is 9.47 Å². The summed E-state index contributed by atoms with van der Waals surface area (Å²) in [5, 5.41) is 0. The van der Waals surface area contributed by atoms with Crippen molar-refractivity contribution in [2.75, 3.05) is 14.2 Å². The lowest BCUT2D eigenvalue weighted by Gasteiger charge is -2.09. The molecule has 0 saturated carbocycles. The van der Waals surface area contributed by atoms with Crippen molar-refractivity contribution in [1.29, 1.82) is 0 Å². The van der Waals surface area contributed by atoms with Crippen molar-refractivity contribution < 1.29 is 14.3 Å². The molecule has 110 valence electrons. The van der Waals surface area contributed by atoms with Crippen LogP contribution in [0.1, 0.15) is 16.7 Å². The Morgan fingerprint density at radius 3 is 2.33 bits per heavy atom. The van der Waals surface area contributed by atoms with Gasteiger partial charge in [0.1, 0.15) is 5.78 Å². The van der Waals surface area contributed by atoms with Gasteiger partial charge in [-0.25, -0.2) is 0 Å². The molecule has 21 heavy (non-hydrogen) atoms. The van der Waals surface area contributed by atoms with Gasteiger partial charge in [0, 0.05) is 12.8 Å². The number of rotatable bonds is 6. The highest BCUT2D eigenvalue weighted by Gasteiger charge is 2.10. The molecule has 3 nitrogen and oxygen atoms in total. The van der Waals surface area contributed by atoms with Crippen LogP contribution >= 0.6 is 0 Å². The third-order valence-electron chi connectivity index (χ3n) is 3.50. The van der Waals surface area contributed by atoms with E-state index in [1.165, 1.54) is 0 Å². The van der Waals surface area contributed by atoms with Crippen molar-refractivity contribution in [2.24, 2.45) is 0 Å². The lowest BCUT2D eigenvalue weighted by Crippen LogP contribution is -2.07. The molecule has 0 unspecified atom stereocenters. The van der Waals surface area contributed by atoms with E-state index in [2.05, 4.69) is 0 Å². The fraction of sp³-hybridized carbons (Fsp3) is 0.278. The SMILES string of the molecule is COc1ccc(CC(=O)Cc2ccccc2C)cc1OC. The normalized spacial score (nSPS) is 10.2. The molecule has 3 heteroatoms. The largest absolute Gasteiger partial charge is 0.493 e. The van der Waals surface area contributed by atoms with Crippen LogP contribution in [0.15, 0.2) is 42.5 Å². The Labute approximate surface area is 125 Å². The molecule has 2 rings (SSSR count). The number of ether oxygens (including phenoxy) is 2. The Balaban J connectivity index is 2.08. The van der Waals surface area contributed by atoms with Gasteiger partial charge in [0.2, 0.25) is 0 Å². The first-order valence-electron chi connectivity index (χ1n) is 6.91. The smallest absolute Gasteiger partial charge is 0.161 e. The summed E-state index contributed by atoms with van der Waals surface area (Å²) in [6.45, 7) is 2.03. The number of hydrogen-bond donors (Lipinski definition) is 0. The third kappa shape index (κ3) is 3.85. The van der Waals surface area contributed by atoms with Gasteiger partial charge in [0.15, 0.2) is 11.5 Å². The first-order chi connectivity index (χ1) is 10.1. The number of carbonyl (C=O) groups excluding carboxylic acids is 1. The van der Waals surface area contributed by atoms with Gasteiger partial charge >= 0.3 is 0 Å². The second-order valence-electron chi connectivity index (χ2n) is 5.01. The van der Waals surface area contributed by atoms with E-state index in [1.54, 1.807) is 14.2 Å². The number of hydrogen-bond acceptors (Lipinski definition) is 3. The second-order valence-corrected chi connectivity index (χ2v) is 5.01. The van der Waals surface area contributed by atoms with Gasteiger partial charge in [0.05, 0.1) is 14.2 Å².